The number of rotatable bonds is 4. The fraction of sp³-hybridized carbons (Fsp3) is 0. The highest BCUT2D eigenvalue weighted by molar-refractivity contribution is 5.90. The topological polar surface area (TPSA) is 161 Å². The van der Waals surface area contributed by atoms with Crippen LogP contribution in [0.25, 0.3) is 0 Å². The summed E-state index contributed by atoms with van der Waals surface area (Å²) < 4.78 is 0. The normalized spacial score (nSPS) is 9.33. The van der Waals surface area contributed by atoms with Gasteiger partial charge in [-0.15, -0.1) is 0 Å². The van der Waals surface area contributed by atoms with E-state index in [4.69, 9.17) is 0 Å². The van der Waals surface area contributed by atoms with Gasteiger partial charge in [0.15, 0.2) is 0 Å². The van der Waals surface area contributed by atoms with Crippen molar-refractivity contribution < 1.29 is 39.6 Å². The van der Waals surface area contributed by atoms with Crippen LogP contribution in [0.4, 0.5) is 0 Å². The van der Waals surface area contributed by atoms with E-state index in [9.17, 15) is 39.6 Å². The minimum Gasteiger partial charge on any atom is -0.545 e. The number of hydrogen-bond donors (Lipinski definition) is 0. The molecule has 8 nitrogen and oxygen atoms in total. The highest BCUT2D eigenvalue weighted by atomic mass is 16.4. The smallest absolute Gasteiger partial charge is 0.0715 e. The Morgan fingerprint density at radius 1 is 0.417 bits per heavy atom. The molecule has 2 aromatic rings. The van der Waals surface area contributed by atoms with Crippen molar-refractivity contribution in [1.29, 1.82) is 0 Å². The van der Waals surface area contributed by atoms with E-state index in [1.54, 1.807) is 0 Å². The highest BCUT2D eigenvalue weighted by Crippen LogP contribution is 2.02. The lowest BCUT2D eigenvalue weighted by Crippen LogP contribution is -2.24. The highest BCUT2D eigenvalue weighted by Gasteiger charge is 1.95. The zero-order valence-corrected chi connectivity index (χ0v) is 11.9. The average molecular weight is 328 g/mol. The Balaban J connectivity index is 0.000000240. The molecule has 0 unspecified atom stereocenters. The van der Waals surface area contributed by atoms with Crippen LogP contribution >= 0.6 is 0 Å². The van der Waals surface area contributed by atoms with E-state index >= 15 is 0 Å². The van der Waals surface area contributed by atoms with Gasteiger partial charge in [-0.25, -0.2) is 0 Å². The van der Waals surface area contributed by atoms with E-state index in [2.05, 4.69) is 0 Å². The van der Waals surface area contributed by atoms with Crippen LogP contribution in [0.3, 0.4) is 0 Å². The molecule has 0 atom stereocenters. The van der Waals surface area contributed by atoms with Gasteiger partial charge in [-0.3, -0.25) is 0 Å². The summed E-state index contributed by atoms with van der Waals surface area (Å²) in [4.78, 5) is 40.8. The van der Waals surface area contributed by atoms with E-state index in [1.165, 1.54) is 0 Å². The van der Waals surface area contributed by atoms with Crippen molar-refractivity contribution in [2.24, 2.45) is 0 Å². The lowest BCUT2D eigenvalue weighted by molar-refractivity contribution is -0.256. The Labute approximate surface area is 135 Å². The van der Waals surface area contributed by atoms with Crippen molar-refractivity contribution in [3.8, 4) is 0 Å². The molecule has 124 valence electrons. The van der Waals surface area contributed by atoms with Crippen molar-refractivity contribution in [2.45, 2.75) is 0 Å². The van der Waals surface area contributed by atoms with Crippen molar-refractivity contribution >= 4 is 23.9 Å². The third-order valence-corrected chi connectivity index (χ3v) is 2.71. The van der Waals surface area contributed by atoms with Gasteiger partial charge in [-0.2, -0.15) is 0 Å². The summed E-state index contributed by atoms with van der Waals surface area (Å²) in [5.74, 6) is -5.33. The molecule has 0 heterocycles. The predicted octanol–water partition coefficient (Wildman–Crippen LogP) is -3.17. The molecule has 0 aromatic heterocycles. The van der Waals surface area contributed by atoms with Gasteiger partial charge in [0.25, 0.3) is 0 Å². The molecule has 2 rings (SSSR count). The number of carboxylic acids is 4. The quantitative estimate of drug-likeness (QED) is 0.567. The Morgan fingerprint density at radius 2 is 0.542 bits per heavy atom. The first-order valence-electron chi connectivity index (χ1n) is 6.28. The summed E-state index contributed by atoms with van der Waals surface area (Å²) in [6.07, 6.45) is 0. The molecular weight excluding hydrogens is 320 g/mol. The van der Waals surface area contributed by atoms with Crippen molar-refractivity contribution in [3.05, 3.63) is 70.8 Å². The van der Waals surface area contributed by atoms with Crippen molar-refractivity contribution in [1.82, 2.24) is 0 Å². The SMILES string of the molecule is O=C([O-])c1ccc(C(=O)[O-])cc1.O=C([O-])c1ccc(C(=O)[O-])cc1. The Morgan fingerprint density at radius 3 is 0.625 bits per heavy atom. The van der Waals surface area contributed by atoms with Gasteiger partial charge >= 0.3 is 0 Å². The van der Waals surface area contributed by atoms with Gasteiger partial charge in [0.05, 0.1) is 23.9 Å². The van der Waals surface area contributed by atoms with E-state index in [1.807, 2.05) is 0 Å². The number of hydrogen-bond acceptors (Lipinski definition) is 8. The van der Waals surface area contributed by atoms with Crippen LogP contribution in [0, 0.1) is 0 Å². The number of carbonyl (C=O) groups is 4. The molecule has 0 saturated carbocycles. The number of carboxylic acid groups (broad SMARTS) is 4. The third kappa shape index (κ3) is 5.26. The minimum absolute atomic E-state index is 0.0556. The molecule has 0 aliphatic heterocycles. The number of benzene rings is 2. The molecule has 0 bridgehead atoms. The van der Waals surface area contributed by atoms with Crippen LogP contribution < -0.4 is 20.4 Å². The van der Waals surface area contributed by atoms with E-state index < -0.39 is 23.9 Å². The second-order valence-corrected chi connectivity index (χ2v) is 4.30. The first-order chi connectivity index (χ1) is 11.2. The first kappa shape index (κ1) is 18.4. The zero-order chi connectivity index (χ0) is 18.3. The predicted molar refractivity (Wildman–Crippen MR) is 70.2 cm³/mol. The largest absolute Gasteiger partial charge is 0.545 e. The van der Waals surface area contributed by atoms with Crippen LogP contribution in [0.1, 0.15) is 41.4 Å². The van der Waals surface area contributed by atoms with Gasteiger partial charge in [0.1, 0.15) is 0 Å². The van der Waals surface area contributed by atoms with Gasteiger partial charge in [-0.1, -0.05) is 48.5 Å². The summed E-state index contributed by atoms with van der Waals surface area (Å²) in [5.41, 5.74) is -0.222. The summed E-state index contributed by atoms with van der Waals surface area (Å²) in [6.45, 7) is 0. The number of aromatic carboxylic acids is 4. The Bertz CT molecular complexity index is 626. The van der Waals surface area contributed by atoms with Crippen molar-refractivity contribution in [2.75, 3.05) is 0 Å². The minimum atomic E-state index is -1.33. The fourth-order valence-corrected chi connectivity index (χ4v) is 1.48. The molecule has 2 aromatic carbocycles. The fourth-order valence-electron chi connectivity index (χ4n) is 1.48. The van der Waals surface area contributed by atoms with Crippen LogP contribution in [0.15, 0.2) is 48.5 Å². The second-order valence-electron chi connectivity index (χ2n) is 4.30. The molecule has 0 amide bonds. The maximum absolute atomic E-state index is 10.2. The third-order valence-electron chi connectivity index (χ3n) is 2.71. The lowest BCUT2D eigenvalue weighted by atomic mass is 10.1. The second kappa shape index (κ2) is 8.08. The standard InChI is InChI=1S/2C8H6O4/c2*9-7(10)5-1-2-6(4-3-5)8(11)12/h2*1-4H,(H,9,10)(H,11,12)/p-4. The van der Waals surface area contributed by atoms with Gasteiger partial charge in [-0.05, 0) is 22.3 Å². The molecule has 0 spiro atoms. The van der Waals surface area contributed by atoms with E-state index in [0.717, 1.165) is 48.5 Å². The summed E-state index contributed by atoms with van der Waals surface area (Å²) in [5, 5.41) is 40.8. The van der Waals surface area contributed by atoms with Gasteiger partial charge in [0, 0.05) is 0 Å². The maximum atomic E-state index is 10.2. The summed E-state index contributed by atoms with van der Waals surface area (Å²) in [7, 11) is 0. The molecule has 0 aliphatic carbocycles. The number of carbonyl (C=O) groups excluding carboxylic acids is 4. The van der Waals surface area contributed by atoms with Crippen LogP contribution in [0.5, 0.6) is 0 Å². The molecule has 0 radical (unpaired) electrons. The molecule has 0 N–H and O–H groups in total. The average Bonchev–Trinajstić information content (AvgIpc) is 2.55. The lowest BCUT2D eigenvalue weighted by Gasteiger charge is -2.04. The monoisotopic (exact) mass is 328 g/mol. The molecule has 0 aliphatic rings. The zero-order valence-electron chi connectivity index (χ0n) is 11.9. The van der Waals surface area contributed by atoms with Crippen LogP contribution in [0.2, 0.25) is 0 Å². The Kier molecular flexibility index (Phi) is 6.19. The van der Waals surface area contributed by atoms with Gasteiger partial charge < -0.3 is 39.6 Å². The van der Waals surface area contributed by atoms with Gasteiger partial charge in [0.2, 0.25) is 0 Å². The summed E-state index contributed by atoms with van der Waals surface area (Å²) in [6, 6.07) is 9.23. The van der Waals surface area contributed by atoms with E-state index in [0.29, 0.717) is 0 Å². The van der Waals surface area contributed by atoms with E-state index in [-0.39, 0.29) is 22.3 Å². The summed E-state index contributed by atoms with van der Waals surface area (Å²) >= 11 is 0. The molecular formula is C16H8O8-4. The molecule has 24 heavy (non-hydrogen) atoms. The van der Waals surface area contributed by atoms with Crippen LogP contribution in [-0.4, -0.2) is 23.9 Å². The van der Waals surface area contributed by atoms with Crippen molar-refractivity contribution in [3.63, 3.8) is 0 Å². The molecule has 0 saturated heterocycles. The molecule has 8 heteroatoms. The molecule has 0 fully saturated rings. The van der Waals surface area contributed by atoms with Crippen LogP contribution in [-0.2, 0) is 0 Å². The first-order valence-corrected chi connectivity index (χ1v) is 6.28. The Hall–Kier alpha value is -3.68. The maximum Gasteiger partial charge on any atom is 0.0715 e.